The van der Waals surface area contributed by atoms with Crippen molar-refractivity contribution in [1.29, 1.82) is 5.26 Å². The molecule has 0 saturated heterocycles. The largest absolute Gasteiger partial charge is 0.433 e. The quantitative estimate of drug-likeness (QED) is 0.630. The van der Waals surface area contributed by atoms with Crippen molar-refractivity contribution in [3.63, 3.8) is 0 Å². The van der Waals surface area contributed by atoms with Gasteiger partial charge < -0.3 is 0 Å². The maximum atomic E-state index is 13.2. The smallest absolute Gasteiger partial charge is 0.233 e. The molecule has 116 valence electrons. The van der Waals surface area contributed by atoms with Gasteiger partial charge in [0.25, 0.3) is 0 Å². The lowest BCUT2D eigenvalue weighted by atomic mass is 10.1. The minimum Gasteiger partial charge on any atom is -0.233 e. The molecule has 1 aromatic carbocycles. The summed E-state index contributed by atoms with van der Waals surface area (Å²) in [5.74, 6) is 0. The van der Waals surface area contributed by atoms with Crippen LogP contribution in [0, 0.1) is 18.3 Å². The van der Waals surface area contributed by atoms with E-state index in [0.717, 1.165) is 10.5 Å². The van der Waals surface area contributed by atoms with Crippen LogP contribution in [-0.4, -0.2) is 14.6 Å². The molecule has 0 atom stereocenters. The van der Waals surface area contributed by atoms with Gasteiger partial charge in [0.05, 0.1) is 0 Å². The summed E-state index contributed by atoms with van der Waals surface area (Å²) in [4.78, 5) is 4.05. The highest BCUT2D eigenvalue weighted by molar-refractivity contribution is 9.10. The van der Waals surface area contributed by atoms with Crippen LogP contribution in [0.15, 0.2) is 34.8 Å². The number of halogens is 4. The van der Waals surface area contributed by atoms with Gasteiger partial charge in [0, 0.05) is 15.7 Å². The summed E-state index contributed by atoms with van der Waals surface area (Å²) in [5.41, 5.74) is -0.160. The van der Waals surface area contributed by atoms with Crippen LogP contribution in [0.4, 0.5) is 13.2 Å². The second-order valence-corrected chi connectivity index (χ2v) is 5.77. The highest BCUT2D eigenvalue weighted by Gasteiger charge is 2.35. The number of aromatic nitrogens is 3. The van der Waals surface area contributed by atoms with Crippen molar-refractivity contribution < 1.29 is 13.2 Å². The molecule has 0 aliphatic rings. The van der Waals surface area contributed by atoms with Crippen molar-refractivity contribution in [3.8, 4) is 17.3 Å². The molecular weight excluding hydrogens is 373 g/mol. The summed E-state index contributed by atoms with van der Waals surface area (Å²) >= 11 is 3.28. The van der Waals surface area contributed by atoms with Gasteiger partial charge in [0.2, 0.25) is 0 Å². The van der Waals surface area contributed by atoms with Crippen molar-refractivity contribution in [2.24, 2.45) is 0 Å². The summed E-state index contributed by atoms with van der Waals surface area (Å²) < 4.78 is 41.2. The van der Waals surface area contributed by atoms with Gasteiger partial charge in [-0.25, -0.2) is 9.50 Å². The van der Waals surface area contributed by atoms with Crippen molar-refractivity contribution in [2.45, 2.75) is 13.1 Å². The zero-order valence-corrected chi connectivity index (χ0v) is 13.3. The molecule has 2 heterocycles. The number of benzene rings is 1. The minimum absolute atomic E-state index is 0.0153. The summed E-state index contributed by atoms with van der Waals surface area (Å²) in [6.07, 6.45) is -4.60. The number of alkyl halides is 3. The number of nitriles is 1. The number of fused-ring (bicyclic) bond motifs is 1. The first-order chi connectivity index (χ1) is 10.8. The molecule has 23 heavy (non-hydrogen) atoms. The molecule has 0 N–H and O–H groups in total. The summed E-state index contributed by atoms with van der Waals surface area (Å²) in [6, 6.07) is 9.62. The van der Waals surface area contributed by atoms with Gasteiger partial charge in [-0.05, 0) is 25.1 Å². The van der Waals surface area contributed by atoms with Crippen molar-refractivity contribution in [2.75, 3.05) is 0 Å². The molecule has 3 rings (SSSR count). The van der Waals surface area contributed by atoms with Gasteiger partial charge in [-0.2, -0.15) is 23.5 Å². The maximum absolute atomic E-state index is 13.2. The normalized spacial score (nSPS) is 11.7. The van der Waals surface area contributed by atoms with Crippen LogP contribution in [-0.2, 0) is 6.18 Å². The molecule has 0 saturated carbocycles. The van der Waals surface area contributed by atoms with Crippen molar-refractivity contribution >= 4 is 21.6 Å². The van der Waals surface area contributed by atoms with Crippen LogP contribution in [0.2, 0.25) is 0 Å². The van der Waals surface area contributed by atoms with E-state index in [4.69, 9.17) is 0 Å². The molecule has 8 heteroatoms. The summed E-state index contributed by atoms with van der Waals surface area (Å²) in [7, 11) is 0. The Morgan fingerprint density at radius 3 is 2.43 bits per heavy atom. The highest BCUT2D eigenvalue weighted by atomic mass is 79.9. The highest BCUT2D eigenvalue weighted by Crippen LogP contribution is 2.33. The molecule has 0 aliphatic heterocycles. The Kier molecular flexibility index (Phi) is 3.60. The Morgan fingerprint density at radius 1 is 1.22 bits per heavy atom. The Labute approximate surface area is 137 Å². The number of hydrogen-bond donors (Lipinski definition) is 0. The van der Waals surface area contributed by atoms with E-state index in [2.05, 4.69) is 26.0 Å². The van der Waals surface area contributed by atoms with E-state index in [1.165, 1.54) is 6.92 Å². The fourth-order valence-corrected chi connectivity index (χ4v) is 2.52. The van der Waals surface area contributed by atoms with E-state index in [1.807, 2.05) is 6.07 Å². The second-order valence-electron chi connectivity index (χ2n) is 4.86. The molecule has 0 amide bonds. The van der Waals surface area contributed by atoms with Gasteiger partial charge in [0.1, 0.15) is 23.0 Å². The molecule has 2 aromatic heterocycles. The third-order valence-corrected chi connectivity index (χ3v) is 3.77. The average molecular weight is 381 g/mol. The van der Waals surface area contributed by atoms with E-state index >= 15 is 0 Å². The van der Waals surface area contributed by atoms with Gasteiger partial charge in [-0.1, -0.05) is 28.1 Å². The zero-order chi connectivity index (χ0) is 16.8. The van der Waals surface area contributed by atoms with Gasteiger partial charge in [-0.3, -0.25) is 0 Å². The fourth-order valence-electron chi connectivity index (χ4n) is 2.25. The van der Waals surface area contributed by atoms with Gasteiger partial charge >= 0.3 is 6.18 Å². The number of nitrogens with zero attached hydrogens (tertiary/aromatic N) is 4. The predicted octanol–water partition coefficient (Wildman–Crippen LogP) is 4.36. The lowest BCUT2D eigenvalue weighted by Gasteiger charge is -2.09. The van der Waals surface area contributed by atoms with Crippen LogP contribution in [0.3, 0.4) is 0 Å². The Hall–Kier alpha value is -2.40. The lowest BCUT2D eigenvalue weighted by Crippen LogP contribution is -2.13. The molecule has 0 spiro atoms. The molecule has 0 bridgehead atoms. The predicted molar refractivity (Wildman–Crippen MR) is 80.6 cm³/mol. The van der Waals surface area contributed by atoms with Crippen molar-refractivity contribution in [3.05, 3.63) is 51.8 Å². The van der Waals surface area contributed by atoms with E-state index < -0.39 is 11.9 Å². The first kappa shape index (κ1) is 15.5. The zero-order valence-electron chi connectivity index (χ0n) is 11.7. The van der Waals surface area contributed by atoms with Crippen LogP contribution in [0.25, 0.3) is 16.9 Å². The first-order valence-corrected chi connectivity index (χ1v) is 7.24. The fraction of sp³-hybridized carbons (Fsp3) is 0.133. The van der Waals surface area contributed by atoms with Crippen LogP contribution < -0.4 is 0 Å². The number of rotatable bonds is 1. The van der Waals surface area contributed by atoms with E-state index in [9.17, 15) is 18.4 Å². The topological polar surface area (TPSA) is 54.0 Å². The Balaban J connectivity index is 2.37. The van der Waals surface area contributed by atoms with Gasteiger partial charge in [0.15, 0.2) is 5.65 Å². The molecule has 0 unspecified atom stereocenters. The molecule has 0 fully saturated rings. The van der Waals surface area contributed by atoms with Crippen LogP contribution in [0.1, 0.15) is 17.0 Å². The average Bonchev–Trinajstić information content (AvgIpc) is 2.84. The third-order valence-electron chi connectivity index (χ3n) is 3.24. The van der Waals surface area contributed by atoms with E-state index in [0.29, 0.717) is 10.1 Å². The van der Waals surface area contributed by atoms with Crippen LogP contribution >= 0.6 is 15.9 Å². The molecule has 0 aliphatic carbocycles. The second kappa shape index (κ2) is 5.35. The van der Waals surface area contributed by atoms with Crippen molar-refractivity contribution in [1.82, 2.24) is 14.6 Å². The number of aryl methyl sites for hydroxylation is 1. The third kappa shape index (κ3) is 2.68. The Bertz CT molecular complexity index is 936. The minimum atomic E-state index is -4.60. The first-order valence-electron chi connectivity index (χ1n) is 6.45. The van der Waals surface area contributed by atoms with E-state index in [-0.39, 0.29) is 22.6 Å². The summed E-state index contributed by atoms with van der Waals surface area (Å²) in [5, 5.41) is 13.4. The molecule has 0 radical (unpaired) electrons. The van der Waals surface area contributed by atoms with Gasteiger partial charge in [-0.15, -0.1) is 0 Å². The Morgan fingerprint density at radius 2 is 1.87 bits per heavy atom. The maximum Gasteiger partial charge on any atom is 0.433 e. The molecule has 3 aromatic rings. The summed E-state index contributed by atoms with van der Waals surface area (Å²) in [6.45, 7) is 1.45. The molecular formula is C15H8BrF3N4. The SMILES string of the molecule is Cc1cc(C(F)(F)F)n2nc(-c3ccc(Br)cc3)c(C#N)c2n1. The standard InChI is InChI=1S/C15H8BrF3N4/c1-8-6-12(15(17,18)19)23-14(21-8)11(7-20)13(22-23)9-2-4-10(16)5-3-9/h2-6H,1H3. The van der Waals surface area contributed by atoms with E-state index in [1.54, 1.807) is 24.3 Å². The molecule has 4 nitrogen and oxygen atoms in total. The number of hydrogen-bond acceptors (Lipinski definition) is 3. The monoisotopic (exact) mass is 380 g/mol. The lowest BCUT2D eigenvalue weighted by molar-refractivity contribution is -0.142. The van der Waals surface area contributed by atoms with Crippen LogP contribution in [0.5, 0.6) is 0 Å².